The first-order chi connectivity index (χ1) is 18.9. The van der Waals surface area contributed by atoms with E-state index in [1.54, 1.807) is 31.3 Å². The highest BCUT2D eigenvalue weighted by molar-refractivity contribution is 5.95. The van der Waals surface area contributed by atoms with E-state index in [-0.39, 0.29) is 12.2 Å². The molecule has 39 heavy (non-hydrogen) atoms. The molecule has 0 bridgehead atoms. The van der Waals surface area contributed by atoms with Crippen molar-refractivity contribution in [2.45, 2.75) is 45.9 Å². The molecule has 11 nitrogen and oxygen atoms in total. The monoisotopic (exact) mass is 540 g/mol. The fourth-order valence-corrected chi connectivity index (χ4v) is 3.80. The molecule has 2 atom stereocenters. The minimum Gasteiger partial charge on any atom is -0.494 e. The van der Waals surface area contributed by atoms with Gasteiger partial charge in [0.15, 0.2) is 17.7 Å². The van der Waals surface area contributed by atoms with Crippen molar-refractivity contribution >= 4 is 18.2 Å². The number of aliphatic hydroxyl groups excluding tert-OH is 1. The summed E-state index contributed by atoms with van der Waals surface area (Å²) in [5, 5.41) is 19.7. The van der Waals surface area contributed by atoms with Crippen molar-refractivity contribution < 1.29 is 33.6 Å². The van der Waals surface area contributed by atoms with Gasteiger partial charge < -0.3 is 34.7 Å². The number of carbonyl (C=O) groups excluding carboxylic acids is 2. The van der Waals surface area contributed by atoms with Crippen LogP contribution in [-0.4, -0.2) is 56.5 Å². The van der Waals surface area contributed by atoms with Crippen molar-refractivity contribution in [2.24, 2.45) is 5.10 Å². The molecule has 3 rings (SSSR count). The summed E-state index contributed by atoms with van der Waals surface area (Å²) in [6, 6.07) is 11.4. The smallest absolute Gasteiger partial charge is 0.337 e. The number of rotatable bonds is 14. The van der Waals surface area contributed by atoms with E-state index in [1.807, 2.05) is 31.2 Å². The summed E-state index contributed by atoms with van der Waals surface area (Å²) in [4.78, 5) is 24.5. The molecular weight excluding hydrogens is 504 g/mol. The summed E-state index contributed by atoms with van der Waals surface area (Å²) in [5.41, 5.74) is 4.75. The van der Waals surface area contributed by atoms with Gasteiger partial charge in [0.05, 0.1) is 38.2 Å². The maximum absolute atomic E-state index is 12.4. The molecule has 2 aromatic carbocycles. The fourth-order valence-electron chi connectivity index (χ4n) is 3.80. The Morgan fingerprint density at radius 1 is 1.13 bits per heavy atom. The second-order valence-corrected chi connectivity index (χ2v) is 8.69. The van der Waals surface area contributed by atoms with Crippen molar-refractivity contribution in [3.05, 3.63) is 64.9 Å². The Bertz CT molecular complexity index is 1180. The highest BCUT2D eigenvalue weighted by Gasteiger charge is 2.32. The number of esters is 1. The van der Waals surface area contributed by atoms with Crippen molar-refractivity contribution in [3.63, 3.8) is 0 Å². The van der Waals surface area contributed by atoms with Gasteiger partial charge in [-0.3, -0.25) is 5.43 Å². The Hall–Kier alpha value is -4.25. The average molecular weight is 541 g/mol. The van der Waals surface area contributed by atoms with Crippen LogP contribution in [0.4, 0.5) is 4.79 Å². The first-order valence-corrected chi connectivity index (χ1v) is 12.8. The largest absolute Gasteiger partial charge is 0.494 e. The number of methoxy groups -OCH3 is 1. The predicted octanol–water partition coefficient (Wildman–Crippen LogP) is 3.39. The molecule has 0 aliphatic carbocycles. The quantitative estimate of drug-likeness (QED) is 0.0940. The summed E-state index contributed by atoms with van der Waals surface area (Å²) in [7, 11) is 1.28. The van der Waals surface area contributed by atoms with Gasteiger partial charge in [-0.1, -0.05) is 19.4 Å². The van der Waals surface area contributed by atoms with Gasteiger partial charge in [0, 0.05) is 5.70 Å². The normalized spacial score (nSPS) is 15.8. The second-order valence-electron chi connectivity index (χ2n) is 8.69. The van der Waals surface area contributed by atoms with Gasteiger partial charge in [0.25, 0.3) is 0 Å². The van der Waals surface area contributed by atoms with Gasteiger partial charge in [-0.05, 0) is 67.8 Å². The Balaban J connectivity index is 1.62. The van der Waals surface area contributed by atoms with Crippen molar-refractivity contribution in [1.82, 2.24) is 16.1 Å². The van der Waals surface area contributed by atoms with Gasteiger partial charge in [0.1, 0.15) is 12.4 Å². The summed E-state index contributed by atoms with van der Waals surface area (Å²) < 4.78 is 22.0. The van der Waals surface area contributed by atoms with E-state index in [4.69, 9.17) is 18.9 Å². The predicted molar refractivity (Wildman–Crippen MR) is 146 cm³/mol. The number of urea groups is 1. The molecule has 210 valence electrons. The first-order valence-electron chi connectivity index (χ1n) is 12.8. The van der Waals surface area contributed by atoms with E-state index < -0.39 is 24.3 Å². The van der Waals surface area contributed by atoms with Crippen molar-refractivity contribution in [2.75, 3.05) is 26.9 Å². The van der Waals surface area contributed by atoms with Crippen LogP contribution < -0.4 is 30.3 Å². The van der Waals surface area contributed by atoms with Crippen molar-refractivity contribution in [3.8, 4) is 17.2 Å². The number of hydrogen-bond acceptors (Lipinski definition) is 9. The van der Waals surface area contributed by atoms with E-state index >= 15 is 0 Å². The minimum atomic E-state index is -1.09. The van der Waals surface area contributed by atoms with Crippen LogP contribution in [0.5, 0.6) is 17.2 Å². The molecule has 0 spiro atoms. The Morgan fingerprint density at radius 3 is 2.59 bits per heavy atom. The number of aliphatic hydroxyl groups is 1. The number of ether oxygens (including phenoxy) is 4. The Morgan fingerprint density at radius 2 is 1.90 bits per heavy atom. The summed E-state index contributed by atoms with van der Waals surface area (Å²) in [6.07, 6.45) is 2.58. The number of hydrazone groups is 1. The third kappa shape index (κ3) is 8.37. The van der Waals surface area contributed by atoms with Crippen LogP contribution in [0.1, 0.15) is 50.8 Å². The Labute approximate surface area is 228 Å². The zero-order chi connectivity index (χ0) is 28.2. The van der Waals surface area contributed by atoms with E-state index in [9.17, 15) is 14.7 Å². The van der Waals surface area contributed by atoms with Crippen LogP contribution in [0, 0.1) is 0 Å². The van der Waals surface area contributed by atoms with Crippen LogP contribution in [0.2, 0.25) is 0 Å². The maximum atomic E-state index is 12.4. The molecule has 2 aromatic rings. The molecule has 0 fully saturated rings. The van der Waals surface area contributed by atoms with Crippen LogP contribution >= 0.6 is 0 Å². The number of hydrogen-bond donors (Lipinski definition) is 4. The summed E-state index contributed by atoms with van der Waals surface area (Å²) in [6.45, 7) is 6.49. The zero-order valence-corrected chi connectivity index (χ0v) is 22.7. The molecule has 0 saturated carbocycles. The number of nitrogens with one attached hydrogen (secondary N) is 3. The average Bonchev–Trinajstić information content (AvgIpc) is 2.92. The highest BCUT2D eigenvalue weighted by atomic mass is 16.5. The second kappa shape index (κ2) is 14.6. The molecule has 1 aliphatic rings. The third-order valence-electron chi connectivity index (χ3n) is 5.76. The number of carbonyl (C=O) groups is 2. The zero-order valence-electron chi connectivity index (χ0n) is 22.7. The first kappa shape index (κ1) is 29.3. The molecule has 2 amide bonds. The van der Waals surface area contributed by atoms with Crippen LogP contribution in [-0.2, 0) is 9.53 Å². The van der Waals surface area contributed by atoms with Gasteiger partial charge in [-0.25, -0.2) is 9.59 Å². The molecular formula is C28H36N4O7. The molecule has 0 unspecified atom stereocenters. The van der Waals surface area contributed by atoms with Gasteiger partial charge in [0.2, 0.25) is 0 Å². The molecule has 0 radical (unpaired) electrons. The molecule has 1 heterocycles. The van der Waals surface area contributed by atoms with E-state index in [1.165, 1.54) is 7.11 Å². The Kier molecular flexibility index (Phi) is 11.0. The van der Waals surface area contributed by atoms with Gasteiger partial charge >= 0.3 is 12.0 Å². The van der Waals surface area contributed by atoms with E-state index in [0.717, 1.165) is 24.2 Å². The van der Waals surface area contributed by atoms with Gasteiger partial charge in [-0.2, -0.15) is 5.10 Å². The van der Waals surface area contributed by atoms with Crippen LogP contribution in [0.15, 0.2) is 58.8 Å². The van der Waals surface area contributed by atoms with E-state index in [0.29, 0.717) is 36.0 Å². The van der Waals surface area contributed by atoms with E-state index in [2.05, 4.69) is 28.1 Å². The topological polar surface area (TPSA) is 140 Å². The molecule has 11 heteroatoms. The van der Waals surface area contributed by atoms with Crippen LogP contribution in [0.25, 0.3) is 0 Å². The number of benzene rings is 2. The lowest BCUT2D eigenvalue weighted by Gasteiger charge is -2.28. The number of amides is 2. The minimum absolute atomic E-state index is 0.114. The maximum Gasteiger partial charge on any atom is 0.337 e. The molecule has 0 saturated heterocycles. The third-order valence-corrected chi connectivity index (χ3v) is 5.76. The standard InChI is InChI=1S/C28H36N4O7/c1-5-7-14-38-21-11-8-19(9-12-21)16-29-32-24(33)17-39-22-13-10-20(15-23(22)37-6-2)26-25(27(34)36-4)18(3)30-28(35)31-26/h8-13,15-16,24,26,32-33H,5-7,14,17H2,1-4H3,(H2,30,31,35)/b29-16-/t24-,26-/m0/s1. The van der Waals surface area contributed by atoms with Crippen LogP contribution in [0.3, 0.4) is 0 Å². The summed E-state index contributed by atoms with van der Waals surface area (Å²) in [5.74, 6) is 1.01. The molecule has 4 N–H and O–H groups in total. The highest BCUT2D eigenvalue weighted by Crippen LogP contribution is 2.34. The summed E-state index contributed by atoms with van der Waals surface area (Å²) >= 11 is 0. The lowest BCUT2D eigenvalue weighted by Crippen LogP contribution is -2.45. The number of unbranched alkanes of at least 4 members (excludes halogenated alkanes) is 1. The number of nitrogens with zero attached hydrogens (tertiary/aromatic N) is 1. The molecule has 0 aromatic heterocycles. The SMILES string of the molecule is CCCCOc1ccc(/C=N\N[C@@H](O)COc2ccc([C@@H]3NC(=O)NC(C)=C3C(=O)OC)cc2OCC)cc1. The number of allylic oxidation sites excluding steroid dienone is 1. The molecule has 1 aliphatic heterocycles. The fraction of sp³-hybridized carbons (Fsp3) is 0.393. The lowest BCUT2D eigenvalue weighted by atomic mass is 9.95. The van der Waals surface area contributed by atoms with Crippen molar-refractivity contribution in [1.29, 1.82) is 0 Å². The van der Waals surface area contributed by atoms with Gasteiger partial charge in [-0.15, -0.1) is 0 Å². The lowest BCUT2D eigenvalue weighted by molar-refractivity contribution is -0.136.